The first-order chi connectivity index (χ1) is 9.95. The normalized spacial score (nSPS) is 11.9. The van der Waals surface area contributed by atoms with Crippen molar-refractivity contribution >= 4 is 27.8 Å². The number of aromatic hydroxyl groups is 1. The Morgan fingerprint density at radius 1 is 1.29 bits per heavy atom. The van der Waals surface area contributed by atoms with Crippen molar-refractivity contribution in [2.45, 2.75) is 12.5 Å². The molecule has 2 aromatic rings. The van der Waals surface area contributed by atoms with E-state index in [1.54, 1.807) is 24.4 Å². The van der Waals surface area contributed by atoms with Crippen molar-refractivity contribution in [3.05, 3.63) is 52.3 Å². The van der Waals surface area contributed by atoms with E-state index in [1.165, 1.54) is 12.1 Å². The second kappa shape index (κ2) is 6.45. The number of carbonyl (C=O) groups excluding carboxylic acids is 1. The number of phenolic OH excluding ortho intramolecular Hbond substituents is 1. The van der Waals surface area contributed by atoms with Crippen LogP contribution in [0.3, 0.4) is 0 Å². The standard InChI is InChI=1S/C14H13BrN2O4/c15-9-6-11(16-7-9)13(19)17-12(14(20)21)5-8-1-3-10(18)4-2-8/h1-4,6-7,12,16,18H,5H2,(H,17,19)(H,20,21)/t12-/m1/s1. The molecule has 1 aromatic carbocycles. The van der Waals surface area contributed by atoms with E-state index in [1.807, 2.05) is 0 Å². The van der Waals surface area contributed by atoms with Gasteiger partial charge in [-0.2, -0.15) is 0 Å². The Morgan fingerprint density at radius 2 is 1.95 bits per heavy atom. The predicted molar refractivity (Wildman–Crippen MR) is 79.2 cm³/mol. The van der Waals surface area contributed by atoms with Crippen LogP contribution in [0.15, 0.2) is 41.0 Å². The SMILES string of the molecule is O=C(N[C@H](Cc1ccc(O)cc1)C(=O)O)c1cc(Br)c[nH]1. The van der Waals surface area contributed by atoms with E-state index in [4.69, 9.17) is 0 Å². The number of carbonyl (C=O) groups is 2. The van der Waals surface area contributed by atoms with Gasteiger partial charge in [0.2, 0.25) is 0 Å². The maximum atomic E-state index is 12.0. The fourth-order valence-corrected chi connectivity index (χ4v) is 2.15. The summed E-state index contributed by atoms with van der Waals surface area (Å²) in [4.78, 5) is 25.9. The summed E-state index contributed by atoms with van der Waals surface area (Å²) in [7, 11) is 0. The summed E-state index contributed by atoms with van der Waals surface area (Å²) in [6, 6.07) is 6.68. The molecule has 1 aromatic heterocycles. The van der Waals surface area contributed by atoms with Gasteiger partial charge in [0.05, 0.1) is 0 Å². The van der Waals surface area contributed by atoms with Crippen molar-refractivity contribution in [2.24, 2.45) is 0 Å². The van der Waals surface area contributed by atoms with Crippen molar-refractivity contribution in [2.75, 3.05) is 0 Å². The molecule has 7 heteroatoms. The maximum Gasteiger partial charge on any atom is 0.326 e. The summed E-state index contributed by atoms with van der Waals surface area (Å²) in [6.45, 7) is 0. The molecule has 0 saturated carbocycles. The minimum Gasteiger partial charge on any atom is -0.508 e. The molecule has 110 valence electrons. The monoisotopic (exact) mass is 352 g/mol. The highest BCUT2D eigenvalue weighted by Gasteiger charge is 2.21. The Morgan fingerprint density at radius 3 is 2.48 bits per heavy atom. The summed E-state index contributed by atoms with van der Waals surface area (Å²) in [5.74, 6) is -1.51. The predicted octanol–water partition coefficient (Wildman–Crippen LogP) is 1.91. The molecule has 4 N–H and O–H groups in total. The number of phenols is 1. The van der Waals surface area contributed by atoms with Crippen LogP contribution in [-0.2, 0) is 11.2 Å². The third-order valence-corrected chi connectivity index (χ3v) is 3.33. The van der Waals surface area contributed by atoms with Crippen molar-refractivity contribution in [1.29, 1.82) is 0 Å². The quantitative estimate of drug-likeness (QED) is 0.659. The molecule has 1 atom stereocenters. The van der Waals surface area contributed by atoms with Crippen LogP contribution in [0.1, 0.15) is 16.1 Å². The van der Waals surface area contributed by atoms with Crippen LogP contribution in [0.4, 0.5) is 0 Å². The molecule has 21 heavy (non-hydrogen) atoms. The molecular formula is C14H13BrN2O4. The van der Waals surface area contributed by atoms with Crippen LogP contribution >= 0.6 is 15.9 Å². The van der Waals surface area contributed by atoms with E-state index in [2.05, 4.69) is 26.2 Å². The summed E-state index contributed by atoms with van der Waals surface area (Å²) in [5.41, 5.74) is 0.979. The fourth-order valence-electron chi connectivity index (χ4n) is 1.80. The van der Waals surface area contributed by atoms with Crippen molar-refractivity contribution in [3.8, 4) is 5.75 Å². The Balaban J connectivity index is 2.07. The molecule has 1 heterocycles. The van der Waals surface area contributed by atoms with Gasteiger partial charge in [0.25, 0.3) is 5.91 Å². The molecule has 0 unspecified atom stereocenters. The van der Waals surface area contributed by atoms with Crippen LogP contribution in [0.2, 0.25) is 0 Å². The summed E-state index contributed by atoms with van der Waals surface area (Å²) < 4.78 is 0.707. The zero-order valence-corrected chi connectivity index (χ0v) is 12.4. The molecule has 1 amide bonds. The fraction of sp³-hybridized carbons (Fsp3) is 0.143. The van der Waals surface area contributed by atoms with Crippen molar-refractivity contribution in [3.63, 3.8) is 0 Å². The maximum absolute atomic E-state index is 12.0. The molecule has 0 fully saturated rings. The van der Waals surface area contributed by atoms with Crippen LogP contribution < -0.4 is 5.32 Å². The van der Waals surface area contributed by atoms with Crippen LogP contribution in [0, 0.1) is 0 Å². The molecule has 0 saturated heterocycles. The van der Waals surface area contributed by atoms with E-state index >= 15 is 0 Å². The third kappa shape index (κ3) is 4.09. The van der Waals surface area contributed by atoms with E-state index in [-0.39, 0.29) is 17.9 Å². The van der Waals surface area contributed by atoms with Gasteiger partial charge in [-0.15, -0.1) is 0 Å². The van der Waals surface area contributed by atoms with E-state index in [0.29, 0.717) is 10.0 Å². The summed E-state index contributed by atoms with van der Waals surface area (Å²) >= 11 is 3.20. The number of carboxylic acid groups (broad SMARTS) is 1. The Kier molecular flexibility index (Phi) is 4.64. The highest BCUT2D eigenvalue weighted by Crippen LogP contribution is 2.13. The van der Waals surface area contributed by atoms with Crippen molar-refractivity contribution < 1.29 is 19.8 Å². The lowest BCUT2D eigenvalue weighted by Gasteiger charge is -2.14. The number of nitrogens with one attached hydrogen (secondary N) is 2. The van der Waals surface area contributed by atoms with Gasteiger partial charge in [0.1, 0.15) is 17.5 Å². The first-order valence-corrected chi connectivity index (χ1v) is 6.90. The van der Waals surface area contributed by atoms with Gasteiger partial charge in [-0.05, 0) is 39.7 Å². The number of halogens is 1. The topological polar surface area (TPSA) is 102 Å². The number of aromatic amines is 1. The highest BCUT2D eigenvalue weighted by molar-refractivity contribution is 9.10. The molecule has 0 aliphatic carbocycles. The van der Waals surface area contributed by atoms with E-state index < -0.39 is 17.9 Å². The van der Waals surface area contributed by atoms with Gasteiger partial charge in [-0.3, -0.25) is 4.79 Å². The first kappa shape index (κ1) is 15.1. The second-order valence-corrected chi connectivity index (χ2v) is 5.38. The number of hydrogen-bond donors (Lipinski definition) is 4. The number of benzene rings is 1. The highest BCUT2D eigenvalue weighted by atomic mass is 79.9. The molecule has 0 aliphatic rings. The molecule has 0 aliphatic heterocycles. The molecular weight excluding hydrogens is 340 g/mol. The van der Waals surface area contributed by atoms with E-state index in [0.717, 1.165) is 0 Å². The lowest BCUT2D eigenvalue weighted by Crippen LogP contribution is -2.42. The average molecular weight is 353 g/mol. The summed E-state index contributed by atoms with van der Waals surface area (Å²) in [6.07, 6.45) is 1.72. The largest absolute Gasteiger partial charge is 0.508 e. The van der Waals surface area contributed by atoms with Crippen LogP contribution in [0.5, 0.6) is 5.75 Å². The van der Waals surface area contributed by atoms with Gasteiger partial charge in [-0.1, -0.05) is 12.1 Å². The number of aromatic nitrogens is 1. The third-order valence-electron chi connectivity index (χ3n) is 2.87. The van der Waals surface area contributed by atoms with Gasteiger partial charge >= 0.3 is 5.97 Å². The van der Waals surface area contributed by atoms with Gasteiger partial charge in [-0.25, -0.2) is 4.79 Å². The first-order valence-electron chi connectivity index (χ1n) is 6.11. The zero-order chi connectivity index (χ0) is 15.4. The number of amides is 1. The van der Waals surface area contributed by atoms with Gasteiger partial charge in [0.15, 0.2) is 0 Å². The zero-order valence-electron chi connectivity index (χ0n) is 10.8. The Labute approximate surface area is 128 Å². The number of hydrogen-bond acceptors (Lipinski definition) is 3. The molecule has 0 bridgehead atoms. The number of aliphatic carboxylic acids is 1. The number of rotatable bonds is 5. The van der Waals surface area contributed by atoms with E-state index in [9.17, 15) is 19.8 Å². The molecule has 2 rings (SSSR count). The lowest BCUT2D eigenvalue weighted by atomic mass is 10.1. The lowest BCUT2D eigenvalue weighted by molar-refractivity contribution is -0.139. The van der Waals surface area contributed by atoms with Crippen molar-refractivity contribution in [1.82, 2.24) is 10.3 Å². The number of carboxylic acids is 1. The van der Waals surface area contributed by atoms with Gasteiger partial charge < -0.3 is 20.5 Å². The Hall–Kier alpha value is -2.28. The second-order valence-electron chi connectivity index (χ2n) is 4.47. The van der Waals surface area contributed by atoms with Crippen LogP contribution in [0.25, 0.3) is 0 Å². The smallest absolute Gasteiger partial charge is 0.326 e. The number of H-pyrrole nitrogens is 1. The molecule has 0 spiro atoms. The summed E-state index contributed by atoms with van der Waals surface area (Å²) in [5, 5.41) is 20.9. The minimum absolute atomic E-state index is 0.103. The average Bonchev–Trinajstić information content (AvgIpc) is 2.87. The molecule has 0 radical (unpaired) electrons. The van der Waals surface area contributed by atoms with Crippen LogP contribution in [-0.4, -0.2) is 33.1 Å². The van der Waals surface area contributed by atoms with Gasteiger partial charge in [0, 0.05) is 17.1 Å². The minimum atomic E-state index is -1.12. The molecule has 6 nitrogen and oxygen atoms in total. The Bertz CT molecular complexity index is 651.